The molecule has 3 aliphatic heterocycles. The number of urea groups is 1. The molecule has 0 N–H and O–H groups in total. The van der Waals surface area contributed by atoms with Crippen molar-refractivity contribution >= 4 is 64.3 Å². The molecule has 6 heterocycles. The van der Waals surface area contributed by atoms with Gasteiger partial charge >= 0.3 is 12.0 Å². The maximum atomic E-state index is 15.7. The molecule has 4 amide bonds. The zero-order chi connectivity index (χ0) is 50.6. The molecular formula is C53H69N8O7S2+. The van der Waals surface area contributed by atoms with Gasteiger partial charge in [0.1, 0.15) is 0 Å². The van der Waals surface area contributed by atoms with Crippen LogP contribution in [0, 0.1) is 22.7 Å². The van der Waals surface area contributed by atoms with Crippen LogP contribution in [0.5, 0.6) is 0 Å². The number of aryl methyl sites for hydroxylation is 1. The van der Waals surface area contributed by atoms with E-state index in [-0.39, 0.29) is 61.3 Å². The Morgan fingerprint density at radius 1 is 1.09 bits per heavy atom. The predicted molar refractivity (Wildman–Crippen MR) is 271 cm³/mol. The van der Waals surface area contributed by atoms with Gasteiger partial charge in [-0.25, -0.2) is 14.6 Å². The molecule has 15 nitrogen and oxygen atoms in total. The second-order valence-corrected chi connectivity index (χ2v) is 22.4. The molecule has 6 bridgehead atoms. The SMILES string of the molecule is C=C(C)C(=O)N1CC(N(C)C(=O)N(C)[C@H](C(=O)C2CCC[C@@]23Cc2nc(cs2)-c2ccc4c(c2)c(c(-c2cccnc2[C@H](C)OC)n4CC)CC(C)(C)COC(=O)[C@@H]2CCCN(C3=O)[N+]2=S)C(C)C)C1. The van der Waals surface area contributed by atoms with Crippen LogP contribution >= 0.6 is 11.3 Å². The summed E-state index contributed by atoms with van der Waals surface area (Å²) in [5.41, 5.74) is 5.29. The molecule has 1 aliphatic carbocycles. The lowest BCUT2D eigenvalue weighted by Crippen LogP contribution is -2.64. The van der Waals surface area contributed by atoms with Gasteiger partial charge in [0.2, 0.25) is 5.91 Å². The zero-order valence-corrected chi connectivity index (χ0v) is 44.1. The van der Waals surface area contributed by atoms with Gasteiger partial charge in [-0.05, 0) is 86.3 Å². The summed E-state index contributed by atoms with van der Waals surface area (Å²) in [7, 11) is 5.04. The standard InChI is InChI=1S/C53H69N8O7S2/c1-12-59-41-20-19-34-24-37(41)38(46(59)36-16-14-22-54-44(36)33(6)67-11)25-52(7,8)30-68-49(64)42-18-15-23-60(61(42)69)50(65)53(26-43-55-40(34)29-70-43)21-13-17-39(53)47(62)45(31(2)3)57(10)51(66)56(9)35-27-58(28-35)48(63)32(4)5/h14,16,19-20,22,24,29,31,33,35,39,42,45H,4,12-13,15,17-18,21,23,25-28,30H2,1-3,5-11H3/q+1/t33-,39?,42-,45-,53+/m0/s1. The maximum absolute atomic E-state index is 15.7. The van der Waals surface area contributed by atoms with E-state index in [1.807, 2.05) is 32.2 Å². The number of cyclic esters (lactones) is 1. The van der Waals surface area contributed by atoms with Gasteiger partial charge in [0.05, 0.1) is 58.8 Å². The van der Waals surface area contributed by atoms with Crippen molar-refractivity contribution in [3.05, 3.63) is 70.3 Å². The van der Waals surface area contributed by atoms with E-state index < -0.39 is 34.8 Å². The summed E-state index contributed by atoms with van der Waals surface area (Å²) in [4.78, 5) is 87.1. The molecule has 0 radical (unpaired) electrons. The van der Waals surface area contributed by atoms with Crippen LogP contribution in [-0.4, -0.2) is 133 Å². The van der Waals surface area contributed by atoms with Crippen molar-refractivity contribution in [2.24, 2.45) is 22.7 Å². The van der Waals surface area contributed by atoms with E-state index in [9.17, 15) is 14.4 Å². The van der Waals surface area contributed by atoms with E-state index in [2.05, 4.69) is 56.2 Å². The Morgan fingerprint density at radius 3 is 2.51 bits per heavy atom. The van der Waals surface area contributed by atoms with Gasteiger partial charge in [0.25, 0.3) is 24.4 Å². The average Bonchev–Trinajstić information content (AvgIpc) is 4.05. The van der Waals surface area contributed by atoms with Crippen LogP contribution in [0.15, 0.2) is 54.1 Å². The summed E-state index contributed by atoms with van der Waals surface area (Å²) in [5, 5.41) is 5.30. The minimum atomic E-state index is -1.27. The Morgan fingerprint density at radius 2 is 1.83 bits per heavy atom. The fourth-order valence-electron chi connectivity index (χ4n) is 11.5. The first-order chi connectivity index (χ1) is 33.2. The number of likely N-dealkylation sites (tertiary alicyclic amines) is 1. The number of rotatable bonds is 10. The molecule has 3 aromatic heterocycles. The van der Waals surface area contributed by atoms with E-state index in [1.165, 1.54) is 25.3 Å². The van der Waals surface area contributed by atoms with Gasteiger partial charge < -0.3 is 28.7 Å². The first kappa shape index (κ1) is 51.0. The second-order valence-electron chi connectivity index (χ2n) is 21.1. The van der Waals surface area contributed by atoms with Gasteiger partial charge in [-0.1, -0.05) is 46.8 Å². The fraction of sp³-hybridized carbons (Fsp3) is 0.566. The highest BCUT2D eigenvalue weighted by atomic mass is 32.1. The number of amides is 4. The van der Waals surface area contributed by atoms with Gasteiger partial charge in [0.15, 0.2) is 5.78 Å². The van der Waals surface area contributed by atoms with Crippen LogP contribution < -0.4 is 0 Å². The molecule has 4 aliphatic rings. The van der Waals surface area contributed by atoms with E-state index in [0.717, 1.165) is 44.7 Å². The van der Waals surface area contributed by atoms with E-state index in [1.54, 1.807) is 44.1 Å². The maximum Gasteiger partial charge on any atom is 0.379 e. The summed E-state index contributed by atoms with van der Waals surface area (Å²) in [6, 6.07) is 8.18. The van der Waals surface area contributed by atoms with Crippen LogP contribution in [-0.2, 0) is 60.5 Å². The number of benzene rings is 1. The highest BCUT2D eigenvalue weighted by Crippen LogP contribution is 2.50. The van der Waals surface area contributed by atoms with Crippen LogP contribution in [0.4, 0.5) is 4.79 Å². The van der Waals surface area contributed by atoms with Crippen molar-refractivity contribution in [1.29, 1.82) is 0 Å². The third-order valence-corrected chi connectivity index (χ3v) is 16.6. The van der Waals surface area contributed by atoms with Crippen molar-refractivity contribution in [3.8, 4) is 22.5 Å². The second kappa shape index (κ2) is 20.0. The van der Waals surface area contributed by atoms with Crippen LogP contribution in [0.1, 0.15) is 103 Å². The number of likely N-dealkylation sites (N-methyl/N-ethyl adjacent to an activating group) is 2. The lowest BCUT2D eigenvalue weighted by atomic mass is 9.70. The number of hydrogen-bond donors (Lipinski definition) is 0. The largest absolute Gasteiger partial charge is 0.460 e. The lowest BCUT2D eigenvalue weighted by Gasteiger charge is -2.46. The number of hydrazine groups is 1. The molecule has 5 atom stereocenters. The van der Waals surface area contributed by atoms with Gasteiger partial charge in [0, 0.05) is 104 Å². The minimum Gasteiger partial charge on any atom is -0.460 e. The summed E-state index contributed by atoms with van der Waals surface area (Å²) >= 11 is 7.51. The monoisotopic (exact) mass is 993 g/mol. The third-order valence-electron chi connectivity index (χ3n) is 15.3. The highest BCUT2D eigenvalue weighted by Gasteiger charge is 2.59. The molecule has 4 aromatic rings. The normalized spacial score (nSPS) is 22.7. The van der Waals surface area contributed by atoms with E-state index >= 15 is 9.59 Å². The average molecular weight is 994 g/mol. The number of methoxy groups -OCH3 is 1. The summed E-state index contributed by atoms with van der Waals surface area (Å²) < 4.78 is 15.7. The van der Waals surface area contributed by atoms with Crippen molar-refractivity contribution in [1.82, 2.24) is 34.2 Å². The van der Waals surface area contributed by atoms with Crippen molar-refractivity contribution in [2.75, 3.05) is 47.4 Å². The molecular weight excluding hydrogens is 925 g/mol. The van der Waals surface area contributed by atoms with Gasteiger partial charge in [-0.15, -0.1) is 16.3 Å². The smallest absolute Gasteiger partial charge is 0.379 e. The molecule has 70 heavy (non-hydrogen) atoms. The Bertz CT molecular complexity index is 2740. The number of carbonyl (C=O) groups excluding carboxylic acids is 5. The van der Waals surface area contributed by atoms with Gasteiger partial charge in [-0.3, -0.25) is 19.4 Å². The number of fused-ring (bicyclic) bond motifs is 6. The van der Waals surface area contributed by atoms with Crippen LogP contribution in [0.2, 0.25) is 0 Å². The van der Waals surface area contributed by atoms with E-state index in [4.69, 9.17) is 31.9 Å². The summed E-state index contributed by atoms with van der Waals surface area (Å²) in [5.74, 6) is -2.21. The first-order valence-electron chi connectivity index (χ1n) is 24.7. The Labute approximate surface area is 421 Å². The molecule has 2 saturated heterocycles. The number of carbonyl (C=O) groups is 5. The lowest BCUT2D eigenvalue weighted by molar-refractivity contribution is -0.677. The molecule has 8 rings (SSSR count). The highest BCUT2D eigenvalue weighted by molar-refractivity contribution is 7.44. The molecule has 1 aromatic carbocycles. The van der Waals surface area contributed by atoms with Crippen molar-refractivity contribution in [2.45, 2.75) is 124 Å². The Balaban J connectivity index is 1.21. The number of Topliss-reactive ketones (excluding diaryl/α,β-unsaturated/α-hetero) is 1. The predicted octanol–water partition coefficient (Wildman–Crippen LogP) is 8.02. The Kier molecular flexibility index (Phi) is 14.6. The molecule has 1 spiro atoms. The first-order valence-corrected chi connectivity index (χ1v) is 26.0. The Hall–Kier alpha value is -5.39. The van der Waals surface area contributed by atoms with E-state index in [0.29, 0.717) is 68.7 Å². The summed E-state index contributed by atoms with van der Waals surface area (Å²) in [6.07, 6.45) is 4.63. The third kappa shape index (κ3) is 9.21. The molecule has 3 fully saturated rings. The number of nitrogens with zero attached hydrogens (tertiary/aromatic N) is 8. The number of pyridine rings is 1. The quantitative estimate of drug-likeness (QED) is 0.0869. The number of esters is 1. The van der Waals surface area contributed by atoms with Crippen molar-refractivity contribution < 1.29 is 37.5 Å². The number of thiazole rings is 1. The molecule has 1 unspecified atom stereocenters. The number of ketones is 1. The fourth-order valence-corrected chi connectivity index (χ4v) is 12.7. The number of ether oxygens (including phenoxy) is 2. The summed E-state index contributed by atoms with van der Waals surface area (Å²) in [6.45, 7) is 19.4. The topological polar surface area (TPSA) is 150 Å². The molecule has 374 valence electrons. The number of aromatic nitrogens is 3. The minimum absolute atomic E-state index is 0.103. The number of hydrogen-bond acceptors (Lipinski definition) is 11. The van der Waals surface area contributed by atoms with Crippen molar-refractivity contribution in [3.63, 3.8) is 0 Å². The van der Waals surface area contributed by atoms with Gasteiger partial charge in [-0.2, -0.15) is 0 Å². The van der Waals surface area contributed by atoms with Crippen LogP contribution in [0.3, 0.4) is 0 Å². The molecule has 1 saturated carbocycles. The zero-order valence-electron chi connectivity index (χ0n) is 42.4. The van der Waals surface area contributed by atoms with Crippen LogP contribution in [0.25, 0.3) is 33.4 Å². The molecule has 17 heteroatoms.